The van der Waals surface area contributed by atoms with Gasteiger partial charge in [0, 0.05) is 25.2 Å². The second-order valence-electron chi connectivity index (χ2n) is 5.31. The van der Waals surface area contributed by atoms with Crippen LogP contribution in [0.15, 0.2) is 36.4 Å². The molecule has 0 saturated carbocycles. The molecule has 23 heavy (non-hydrogen) atoms. The summed E-state index contributed by atoms with van der Waals surface area (Å²) in [4.78, 5) is 25.3. The van der Waals surface area contributed by atoms with Crippen LogP contribution in [-0.2, 0) is 0 Å². The molecule has 0 aliphatic rings. The molecule has 0 unspecified atom stereocenters. The summed E-state index contributed by atoms with van der Waals surface area (Å²) in [5, 5.41) is 2.36. The number of aryl methyl sites for hydroxylation is 1. The van der Waals surface area contributed by atoms with Gasteiger partial charge in [-0.1, -0.05) is 6.07 Å². The molecule has 0 fully saturated rings. The third kappa shape index (κ3) is 3.71. The summed E-state index contributed by atoms with van der Waals surface area (Å²) in [5.41, 5.74) is 0.577. The van der Waals surface area contributed by atoms with Gasteiger partial charge < -0.3 is 10.2 Å². The average molecular weight is 318 g/mol. The zero-order valence-corrected chi connectivity index (χ0v) is 13.0. The van der Waals surface area contributed by atoms with Crippen LogP contribution in [0, 0.1) is 18.6 Å². The Morgan fingerprint density at radius 1 is 0.957 bits per heavy atom. The van der Waals surface area contributed by atoms with Gasteiger partial charge in [0.1, 0.15) is 11.6 Å². The molecule has 2 amide bonds. The van der Waals surface area contributed by atoms with E-state index in [-0.39, 0.29) is 22.7 Å². The van der Waals surface area contributed by atoms with Crippen molar-refractivity contribution in [3.05, 3.63) is 64.7 Å². The fourth-order valence-corrected chi connectivity index (χ4v) is 1.94. The molecular weight excluding hydrogens is 302 g/mol. The maximum atomic E-state index is 13.8. The number of nitrogens with zero attached hydrogens (tertiary/aromatic N) is 1. The van der Waals surface area contributed by atoms with Gasteiger partial charge in [-0.3, -0.25) is 9.59 Å². The topological polar surface area (TPSA) is 49.4 Å². The van der Waals surface area contributed by atoms with Gasteiger partial charge in [0.05, 0.1) is 5.69 Å². The lowest BCUT2D eigenvalue weighted by molar-refractivity contribution is 0.0827. The standard InChI is InChI=1S/C17H16F2N2O2/c1-10-4-5-11(8-14(10)19)16(22)20-15-9-12(6-7-13(15)18)17(23)21(2)3/h4-9H,1-3H3,(H,20,22). The Balaban J connectivity index is 2.28. The molecule has 120 valence electrons. The van der Waals surface area contributed by atoms with Crippen molar-refractivity contribution in [3.63, 3.8) is 0 Å². The second kappa shape index (κ2) is 6.56. The van der Waals surface area contributed by atoms with Gasteiger partial charge in [-0.25, -0.2) is 8.78 Å². The molecular formula is C17H16F2N2O2. The average Bonchev–Trinajstić information content (AvgIpc) is 2.51. The molecule has 0 spiro atoms. The Hall–Kier alpha value is -2.76. The summed E-state index contributed by atoms with van der Waals surface area (Å²) >= 11 is 0. The molecule has 2 rings (SSSR count). The maximum Gasteiger partial charge on any atom is 0.255 e. The number of halogens is 2. The van der Waals surface area contributed by atoms with Crippen LogP contribution in [0.2, 0.25) is 0 Å². The van der Waals surface area contributed by atoms with Crippen molar-refractivity contribution in [2.75, 3.05) is 19.4 Å². The third-order valence-corrected chi connectivity index (χ3v) is 3.30. The predicted octanol–water partition coefficient (Wildman–Crippen LogP) is 3.23. The predicted molar refractivity (Wildman–Crippen MR) is 83.5 cm³/mol. The zero-order valence-electron chi connectivity index (χ0n) is 13.0. The Morgan fingerprint density at radius 3 is 2.22 bits per heavy atom. The number of hydrogen-bond acceptors (Lipinski definition) is 2. The lowest BCUT2D eigenvalue weighted by Crippen LogP contribution is -2.22. The van der Waals surface area contributed by atoms with E-state index in [1.165, 1.54) is 29.2 Å². The lowest BCUT2D eigenvalue weighted by atomic mass is 10.1. The zero-order chi connectivity index (χ0) is 17.1. The van der Waals surface area contributed by atoms with Gasteiger partial charge in [0.2, 0.25) is 0 Å². The van der Waals surface area contributed by atoms with E-state index in [0.29, 0.717) is 5.56 Å². The minimum absolute atomic E-state index is 0.0665. The van der Waals surface area contributed by atoms with Gasteiger partial charge >= 0.3 is 0 Å². The number of carbonyl (C=O) groups excluding carboxylic acids is 2. The molecule has 0 radical (unpaired) electrons. The fraction of sp³-hybridized carbons (Fsp3) is 0.176. The van der Waals surface area contributed by atoms with Crippen molar-refractivity contribution < 1.29 is 18.4 Å². The normalized spacial score (nSPS) is 10.3. The largest absolute Gasteiger partial charge is 0.345 e. The Kier molecular flexibility index (Phi) is 4.74. The molecule has 0 aromatic heterocycles. The van der Waals surface area contributed by atoms with Crippen LogP contribution in [0.1, 0.15) is 26.3 Å². The van der Waals surface area contributed by atoms with Crippen molar-refractivity contribution in [2.45, 2.75) is 6.92 Å². The number of carbonyl (C=O) groups is 2. The number of hydrogen-bond donors (Lipinski definition) is 1. The van der Waals surface area contributed by atoms with E-state index in [9.17, 15) is 18.4 Å². The van der Waals surface area contributed by atoms with E-state index >= 15 is 0 Å². The van der Waals surface area contributed by atoms with Crippen molar-refractivity contribution in [2.24, 2.45) is 0 Å². The van der Waals surface area contributed by atoms with E-state index in [1.54, 1.807) is 21.0 Å². The van der Waals surface area contributed by atoms with E-state index in [0.717, 1.165) is 12.1 Å². The Morgan fingerprint density at radius 2 is 1.61 bits per heavy atom. The Labute approximate surface area is 132 Å². The molecule has 0 bridgehead atoms. The van der Waals surface area contributed by atoms with Crippen molar-refractivity contribution >= 4 is 17.5 Å². The summed E-state index contributed by atoms with van der Waals surface area (Å²) in [6.07, 6.45) is 0. The molecule has 0 aliphatic carbocycles. The first kappa shape index (κ1) is 16.6. The monoisotopic (exact) mass is 318 g/mol. The van der Waals surface area contributed by atoms with Crippen LogP contribution in [-0.4, -0.2) is 30.8 Å². The van der Waals surface area contributed by atoms with Crippen molar-refractivity contribution in [1.29, 1.82) is 0 Å². The van der Waals surface area contributed by atoms with Gasteiger partial charge in [-0.15, -0.1) is 0 Å². The molecule has 0 heterocycles. The van der Waals surface area contributed by atoms with Gasteiger partial charge in [-0.05, 0) is 42.8 Å². The third-order valence-electron chi connectivity index (χ3n) is 3.30. The minimum atomic E-state index is -0.679. The van der Waals surface area contributed by atoms with E-state index in [4.69, 9.17) is 0 Å². The number of benzene rings is 2. The molecule has 4 nitrogen and oxygen atoms in total. The number of anilines is 1. The highest BCUT2D eigenvalue weighted by molar-refractivity contribution is 6.05. The van der Waals surface area contributed by atoms with Crippen LogP contribution >= 0.6 is 0 Å². The summed E-state index contributed by atoms with van der Waals surface area (Å²) in [5.74, 6) is -2.17. The molecule has 2 aromatic carbocycles. The first-order valence-corrected chi connectivity index (χ1v) is 6.88. The summed E-state index contributed by atoms with van der Waals surface area (Å²) in [6.45, 7) is 1.58. The number of nitrogens with one attached hydrogen (secondary N) is 1. The second-order valence-corrected chi connectivity index (χ2v) is 5.31. The minimum Gasteiger partial charge on any atom is -0.345 e. The van der Waals surface area contributed by atoms with Gasteiger partial charge in [0.25, 0.3) is 11.8 Å². The van der Waals surface area contributed by atoms with Crippen LogP contribution in [0.4, 0.5) is 14.5 Å². The van der Waals surface area contributed by atoms with E-state index < -0.39 is 17.5 Å². The quantitative estimate of drug-likeness (QED) is 0.944. The fourth-order valence-electron chi connectivity index (χ4n) is 1.94. The molecule has 6 heteroatoms. The molecule has 1 N–H and O–H groups in total. The lowest BCUT2D eigenvalue weighted by Gasteiger charge is -2.12. The highest BCUT2D eigenvalue weighted by Gasteiger charge is 2.14. The number of amides is 2. The highest BCUT2D eigenvalue weighted by Crippen LogP contribution is 2.19. The molecule has 0 saturated heterocycles. The van der Waals surface area contributed by atoms with Gasteiger partial charge in [0.15, 0.2) is 0 Å². The highest BCUT2D eigenvalue weighted by atomic mass is 19.1. The smallest absolute Gasteiger partial charge is 0.255 e. The van der Waals surface area contributed by atoms with Crippen LogP contribution in [0.3, 0.4) is 0 Å². The first-order valence-electron chi connectivity index (χ1n) is 6.88. The van der Waals surface area contributed by atoms with Crippen molar-refractivity contribution in [1.82, 2.24) is 4.90 Å². The molecule has 0 aliphatic heterocycles. The first-order chi connectivity index (χ1) is 10.8. The SMILES string of the molecule is Cc1ccc(C(=O)Nc2cc(C(=O)N(C)C)ccc2F)cc1F. The van der Waals surface area contributed by atoms with E-state index in [2.05, 4.69) is 5.32 Å². The van der Waals surface area contributed by atoms with Crippen molar-refractivity contribution in [3.8, 4) is 0 Å². The number of rotatable bonds is 3. The van der Waals surface area contributed by atoms with Gasteiger partial charge in [-0.2, -0.15) is 0 Å². The summed E-state index contributed by atoms with van der Waals surface area (Å²) < 4.78 is 27.4. The summed E-state index contributed by atoms with van der Waals surface area (Å²) in [7, 11) is 3.14. The van der Waals surface area contributed by atoms with Crippen LogP contribution in [0.25, 0.3) is 0 Å². The maximum absolute atomic E-state index is 13.8. The Bertz CT molecular complexity index is 773. The summed E-state index contributed by atoms with van der Waals surface area (Å²) in [6, 6.07) is 7.67. The molecule has 2 aromatic rings. The van der Waals surface area contributed by atoms with E-state index in [1.807, 2.05) is 0 Å². The molecule has 0 atom stereocenters. The van der Waals surface area contributed by atoms with Crippen LogP contribution in [0.5, 0.6) is 0 Å². The van der Waals surface area contributed by atoms with Crippen LogP contribution < -0.4 is 5.32 Å².